The molecule has 0 amide bonds. The largest absolute Gasteiger partial charge is 0.243 e. The predicted molar refractivity (Wildman–Crippen MR) is 62.5 cm³/mol. The molecule has 1 heterocycles. The minimum absolute atomic E-state index is 0.0412. The van der Waals surface area contributed by atoms with Gasteiger partial charge in [0.2, 0.25) is 10.0 Å². The van der Waals surface area contributed by atoms with Crippen LogP contribution in [-0.2, 0) is 10.0 Å². The van der Waals surface area contributed by atoms with Gasteiger partial charge in [0.1, 0.15) is 10.0 Å². The average molecular weight is 259 g/mol. The summed E-state index contributed by atoms with van der Waals surface area (Å²) in [4.78, 5) is 3.66. The Balaban J connectivity index is 2.96. The molecule has 0 spiro atoms. The molecule has 0 aliphatic rings. The van der Waals surface area contributed by atoms with Gasteiger partial charge in [-0.05, 0) is 19.1 Å². The molecule has 1 rings (SSSR count). The Hall–Kier alpha value is -1.09. The van der Waals surface area contributed by atoms with Crippen molar-refractivity contribution in [2.24, 2.45) is 0 Å². The van der Waals surface area contributed by atoms with Crippen molar-refractivity contribution in [1.29, 1.82) is 0 Å². The van der Waals surface area contributed by atoms with Gasteiger partial charge in [0.25, 0.3) is 0 Å². The maximum absolute atomic E-state index is 11.8. The van der Waals surface area contributed by atoms with Gasteiger partial charge in [-0.25, -0.2) is 18.1 Å². The molecule has 1 aromatic heterocycles. The van der Waals surface area contributed by atoms with Crippen molar-refractivity contribution < 1.29 is 8.42 Å². The lowest BCUT2D eigenvalue weighted by molar-refractivity contribution is 0.563. The van der Waals surface area contributed by atoms with Crippen LogP contribution in [0, 0.1) is 12.3 Å². The van der Waals surface area contributed by atoms with Gasteiger partial charge < -0.3 is 0 Å². The Morgan fingerprint density at radius 3 is 2.94 bits per heavy atom. The first-order valence-electron chi connectivity index (χ1n) is 4.53. The molecule has 16 heavy (non-hydrogen) atoms. The molecule has 6 heteroatoms. The van der Waals surface area contributed by atoms with Crippen LogP contribution in [0.5, 0.6) is 0 Å². The van der Waals surface area contributed by atoms with Crippen molar-refractivity contribution in [2.75, 3.05) is 0 Å². The van der Waals surface area contributed by atoms with E-state index in [0.29, 0.717) is 6.42 Å². The second kappa shape index (κ2) is 5.30. The summed E-state index contributed by atoms with van der Waals surface area (Å²) in [5.74, 6) is 2.38. The zero-order chi connectivity index (χ0) is 12.2. The van der Waals surface area contributed by atoms with E-state index in [-0.39, 0.29) is 16.1 Å². The quantitative estimate of drug-likeness (QED) is 0.657. The van der Waals surface area contributed by atoms with Crippen LogP contribution in [0.15, 0.2) is 23.2 Å². The van der Waals surface area contributed by atoms with Crippen molar-refractivity contribution in [3.8, 4) is 12.3 Å². The monoisotopic (exact) mass is 258 g/mol. The molecule has 0 saturated carbocycles. The number of pyridine rings is 1. The van der Waals surface area contributed by atoms with E-state index >= 15 is 0 Å². The number of nitrogens with one attached hydrogen (secondary N) is 1. The van der Waals surface area contributed by atoms with Gasteiger partial charge in [-0.1, -0.05) is 11.6 Å². The highest BCUT2D eigenvalue weighted by molar-refractivity contribution is 7.89. The smallest absolute Gasteiger partial charge is 0.243 e. The van der Waals surface area contributed by atoms with Crippen LogP contribution < -0.4 is 4.72 Å². The Bertz CT molecular complexity index is 508. The second-order valence-corrected chi connectivity index (χ2v) is 5.26. The Morgan fingerprint density at radius 1 is 1.69 bits per heavy atom. The number of halogens is 1. The van der Waals surface area contributed by atoms with E-state index in [1.165, 1.54) is 18.3 Å². The summed E-state index contributed by atoms with van der Waals surface area (Å²) >= 11 is 5.70. The van der Waals surface area contributed by atoms with Gasteiger partial charge in [-0.3, -0.25) is 0 Å². The highest BCUT2D eigenvalue weighted by Gasteiger charge is 2.20. The second-order valence-electron chi connectivity index (χ2n) is 3.22. The Morgan fingerprint density at radius 2 is 2.38 bits per heavy atom. The van der Waals surface area contributed by atoms with Crippen molar-refractivity contribution in [2.45, 2.75) is 24.3 Å². The molecule has 0 aliphatic carbocycles. The van der Waals surface area contributed by atoms with Gasteiger partial charge >= 0.3 is 0 Å². The van der Waals surface area contributed by atoms with E-state index in [1.807, 2.05) is 0 Å². The highest BCUT2D eigenvalue weighted by Crippen LogP contribution is 2.17. The van der Waals surface area contributed by atoms with E-state index in [2.05, 4.69) is 15.6 Å². The molecule has 1 atom stereocenters. The molecule has 0 fully saturated rings. The van der Waals surface area contributed by atoms with E-state index in [1.54, 1.807) is 6.92 Å². The maximum Gasteiger partial charge on any atom is 0.243 e. The average Bonchev–Trinajstić information content (AvgIpc) is 2.17. The topological polar surface area (TPSA) is 59.1 Å². The summed E-state index contributed by atoms with van der Waals surface area (Å²) in [5, 5.41) is -0.0529. The number of rotatable bonds is 4. The number of hydrogen-bond donors (Lipinski definition) is 1. The van der Waals surface area contributed by atoms with Crippen LogP contribution in [0.2, 0.25) is 5.15 Å². The normalized spacial score (nSPS) is 13.1. The molecule has 0 saturated heterocycles. The molecule has 0 bridgehead atoms. The van der Waals surface area contributed by atoms with Crippen LogP contribution >= 0.6 is 11.6 Å². The van der Waals surface area contributed by atoms with Gasteiger partial charge in [0.15, 0.2) is 0 Å². The molecule has 0 aliphatic heterocycles. The molecule has 4 nitrogen and oxygen atoms in total. The number of hydrogen-bond acceptors (Lipinski definition) is 3. The van der Waals surface area contributed by atoms with Crippen molar-refractivity contribution >= 4 is 21.6 Å². The molecular weight excluding hydrogens is 248 g/mol. The molecular formula is C10H11ClN2O2S. The van der Waals surface area contributed by atoms with Gasteiger partial charge in [-0.15, -0.1) is 12.3 Å². The van der Waals surface area contributed by atoms with E-state index < -0.39 is 10.0 Å². The molecule has 1 aromatic rings. The first-order valence-corrected chi connectivity index (χ1v) is 6.40. The third-order valence-corrected chi connectivity index (χ3v) is 3.83. The van der Waals surface area contributed by atoms with E-state index in [4.69, 9.17) is 18.0 Å². The fraction of sp³-hybridized carbons (Fsp3) is 0.300. The molecule has 0 aromatic carbocycles. The first kappa shape index (κ1) is 13.0. The van der Waals surface area contributed by atoms with Crippen molar-refractivity contribution in [3.63, 3.8) is 0 Å². The van der Waals surface area contributed by atoms with Gasteiger partial charge in [0.05, 0.1) is 0 Å². The number of aromatic nitrogens is 1. The summed E-state index contributed by atoms with van der Waals surface area (Å²) in [6, 6.07) is 2.55. The maximum atomic E-state index is 11.8. The third-order valence-electron chi connectivity index (χ3n) is 1.79. The van der Waals surface area contributed by atoms with Crippen LogP contribution in [0.25, 0.3) is 0 Å². The van der Waals surface area contributed by atoms with Gasteiger partial charge in [0, 0.05) is 18.7 Å². The predicted octanol–water partition coefficient (Wildman–Crippen LogP) is 1.43. The fourth-order valence-corrected chi connectivity index (χ4v) is 2.81. The number of terminal acetylenes is 1. The van der Waals surface area contributed by atoms with Crippen molar-refractivity contribution in [1.82, 2.24) is 9.71 Å². The summed E-state index contributed by atoms with van der Waals surface area (Å²) in [6.45, 7) is 1.68. The minimum atomic E-state index is -3.65. The Labute approximate surface area is 100 Å². The summed E-state index contributed by atoms with van der Waals surface area (Å²) in [5.41, 5.74) is 0. The molecule has 86 valence electrons. The lowest BCUT2D eigenvalue weighted by Crippen LogP contribution is -2.32. The summed E-state index contributed by atoms with van der Waals surface area (Å²) < 4.78 is 26.1. The minimum Gasteiger partial charge on any atom is -0.243 e. The van der Waals surface area contributed by atoms with Crippen LogP contribution in [0.3, 0.4) is 0 Å². The van der Waals surface area contributed by atoms with Crippen LogP contribution in [0.4, 0.5) is 0 Å². The standard InChI is InChI=1S/C10H11ClN2O2S/c1-3-5-8(2)13-16(14,15)9-6-4-7-12-10(9)11/h1,4,6-8,13H,5H2,2H3. The molecule has 0 radical (unpaired) electrons. The molecule has 1 N–H and O–H groups in total. The summed E-state index contributed by atoms with van der Waals surface area (Å²) in [6.07, 6.45) is 6.83. The fourth-order valence-electron chi connectivity index (χ4n) is 1.12. The highest BCUT2D eigenvalue weighted by atomic mass is 35.5. The lowest BCUT2D eigenvalue weighted by atomic mass is 10.3. The van der Waals surface area contributed by atoms with Gasteiger partial charge in [-0.2, -0.15) is 0 Å². The summed E-state index contributed by atoms with van der Waals surface area (Å²) in [7, 11) is -3.65. The Kier molecular flexibility index (Phi) is 4.30. The van der Waals surface area contributed by atoms with Crippen LogP contribution in [-0.4, -0.2) is 19.4 Å². The van der Waals surface area contributed by atoms with E-state index in [0.717, 1.165) is 0 Å². The zero-order valence-corrected chi connectivity index (χ0v) is 10.2. The SMILES string of the molecule is C#CCC(C)NS(=O)(=O)c1cccnc1Cl. The van der Waals surface area contributed by atoms with Crippen LogP contribution in [0.1, 0.15) is 13.3 Å². The third kappa shape index (κ3) is 3.20. The van der Waals surface area contributed by atoms with E-state index in [9.17, 15) is 8.42 Å². The first-order chi connectivity index (χ1) is 7.47. The van der Waals surface area contributed by atoms with Crippen molar-refractivity contribution in [3.05, 3.63) is 23.5 Å². The number of nitrogens with zero attached hydrogens (tertiary/aromatic N) is 1. The number of sulfonamides is 1. The zero-order valence-electron chi connectivity index (χ0n) is 8.64. The lowest BCUT2D eigenvalue weighted by Gasteiger charge is -2.11. The molecule has 1 unspecified atom stereocenters.